The molecule has 0 bridgehead atoms. The summed E-state index contributed by atoms with van der Waals surface area (Å²) in [7, 11) is 3.03. The molecule has 0 saturated heterocycles. The summed E-state index contributed by atoms with van der Waals surface area (Å²) < 4.78 is 32.3. The number of Topliss-reactive ketones (excluding diaryl/α,β-unsaturated/α-hetero) is 1. The van der Waals surface area contributed by atoms with Gasteiger partial charge in [-0.05, 0) is 12.8 Å². The quantitative estimate of drug-likeness (QED) is 0.845. The zero-order valence-electron chi connectivity index (χ0n) is 11.1. The van der Waals surface area contributed by atoms with E-state index in [1.807, 2.05) is 0 Å². The molecule has 1 aliphatic carbocycles. The summed E-state index contributed by atoms with van der Waals surface area (Å²) >= 11 is 0. The molecule has 19 heavy (non-hydrogen) atoms. The Morgan fingerprint density at radius 2 is 1.84 bits per heavy atom. The van der Waals surface area contributed by atoms with Crippen LogP contribution in [-0.2, 0) is 4.79 Å². The number of carbonyl (C=O) groups excluding carboxylic acids is 1. The maximum absolute atomic E-state index is 13.9. The Morgan fingerprint density at radius 1 is 1.21 bits per heavy atom. The Bertz CT molecular complexity index is 481. The molecule has 1 aromatic carbocycles. The number of ketones is 1. The fourth-order valence-electron chi connectivity index (χ4n) is 2.45. The lowest BCUT2D eigenvalue weighted by molar-refractivity contribution is -0.120. The lowest BCUT2D eigenvalue weighted by Gasteiger charge is -2.32. The molecule has 1 aliphatic rings. The predicted octanol–water partition coefficient (Wildman–Crippen LogP) is 2.92. The Balaban J connectivity index is 2.21. The highest BCUT2D eigenvalue weighted by Crippen LogP contribution is 2.30. The molecule has 0 N–H and O–H groups in total. The smallest absolute Gasteiger partial charge is 0.167 e. The minimum Gasteiger partial charge on any atom is -0.494 e. The van der Waals surface area contributed by atoms with Crippen molar-refractivity contribution < 1.29 is 18.3 Å². The van der Waals surface area contributed by atoms with Gasteiger partial charge in [-0.2, -0.15) is 0 Å². The van der Waals surface area contributed by atoms with E-state index in [4.69, 9.17) is 4.74 Å². The van der Waals surface area contributed by atoms with Crippen molar-refractivity contribution in [2.45, 2.75) is 31.7 Å². The second-order valence-electron chi connectivity index (χ2n) is 4.82. The number of hydrogen-bond acceptors (Lipinski definition) is 3. The summed E-state index contributed by atoms with van der Waals surface area (Å²) in [5, 5.41) is 0. The van der Waals surface area contributed by atoms with Gasteiger partial charge in [-0.25, -0.2) is 8.78 Å². The number of halogens is 2. The van der Waals surface area contributed by atoms with Gasteiger partial charge in [-0.1, -0.05) is 0 Å². The van der Waals surface area contributed by atoms with E-state index in [-0.39, 0.29) is 23.3 Å². The fourth-order valence-corrected chi connectivity index (χ4v) is 2.45. The molecule has 1 fully saturated rings. The molecule has 1 saturated carbocycles. The van der Waals surface area contributed by atoms with Crippen LogP contribution in [0.25, 0.3) is 0 Å². The molecule has 2 rings (SSSR count). The summed E-state index contributed by atoms with van der Waals surface area (Å²) in [5.41, 5.74) is 0.206. The normalized spacial score (nSPS) is 16.5. The van der Waals surface area contributed by atoms with Crippen molar-refractivity contribution in [2.75, 3.05) is 19.1 Å². The molecule has 0 radical (unpaired) electrons. The first-order valence-electron chi connectivity index (χ1n) is 6.30. The topological polar surface area (TPSA) is 29.5 Å². The van der Waals surface area contributed by atoms with E-state index in [9.17, 15) is 13.6 Å². The molecule has 5 heteroatoms. The van der Waals surface area contributed by atoms with Crippen molar-refractivity contribution >= 4 is 11.5 Å². The molecule has 0 spiro atoms. The minimum atomic E-state index is -0.586. The van der Waals surface area contributed by atoms with E-state index < -0.39 is 11.6 Å². The van der Waals surface area contributed by atoms with Crippen molar-refractivity contribution in [1.29, 1.82) is 0 Å². The van der Waals surface area contributed by atoms with Gasteiger partial charge in [-0.15, -0.1) is 0 Å². The third-order valence-electron chi connectivity index (χ3n) is 3.66. The van der Waals surface area contributed by atoms with E-state index in [2.05, 4.69) is 0 Å². The number of ether oxygens (including phenoxy) is 1. The predicted molar refractivity (Wildman–Crippen MR) is 68.6 cm³/mol. The van der Waals surface area contributed by atoms with E-state index in [1.54, 1.807) is 11.9 Å². The Kier molecular flexibility index (Phi) is 4.02. The number of anilines is 1. The average molecular weight is 269 g/mol. The lowest BCUT2D eigenvalue weighted by atomic mass is 9.93. The van der Waals surface area contributed by atoms with E-state index in [1.165, 1.54) is 7.11 Å². The lowest BCUT2D eigenvalue weighted by Crippen LogP contribution is -2.35. The molecular formula is C14H17F2NO2. The van der Waals surface area contributed by atoms with Crippen LogP contribution in [0, 0.1) is 11.6 Å². The Morgan fingerprint density at radius 3 is 2.42 bits per heavy atom. The Labute approximate surface area is 111 Å². The second-order valence-corrected chi connectivity index (χ2v) is 4.82. The van der Waals surface area contributed by atoms with Crippen molar-refractivity contribution in [3.8, 4) is 5.75 Å². The van der Waals surface area contributed by atoms with Gasteiger partial charge in [0.15, 0.2) is 11.6 Å². The van der Waals surface area contributed by atoms with Crippen LogP contribution in [0.3, 0.4) is 0 Å². The number of nitrogens with zero attached hydrogens (tertiary/aromatic N) is 1. The molecule has 0 aliphatic heterocycles. The second kappa shape index (κ2) is 5.55. The highest BCUT2D eigenvalue weighted by molar-refractivity contribution is 5.79. The van der Waals surface area contributed by atoms with Crippen molar-refractivity contribution in [3.63, 3.8) is 0 Å². The third-order valence-corrected chi connectivity index (χ3v) is 3.66. The fraction of sp³-hybridized carbons (Fsp3) is 0.500. The van der Waals surface area contributed by atoms with Gasteiger partial charge >= 0.3 is 0 Å². The monoisotopic (exact) mass is 269 g/mol. The van der Waals surface area contributed by atoms with Gasteiger partial charge in [0, 0.05) is 38.1 Å². The van der Waals surface area contributed by atoms with Crippen LogP contribution in [0.15, 0.2) is 12.1 Å². The average Bonchev–Trinajstić information content (AvgIpc) is 2.41. The van der Waals surface area contributed by atoms with Crippen LogP contribution >= 0.6 is 0 Å². The van der Waals surface area contributed by atoms with Crippen LogP contribution in [0.2, 0.25) is 0 Å². The van der Waals surface area contributed by atoms with Crippen LogP contribution in [0.5, 0.6) is 5.75 Å². The first-order chi connectivity index (χ1) is 9.02. The largest absolute Gasteiger partial charge is 0.494 e. The highest BCUT2D eigenvalue weighted by atomic mass is 19.1. The highest BCUT2D eigenvalue weighted by Gasteiger charge is 2.24. The van der Waals surface area contributed by atoms with Crippen LogP contribution < -0.4 is 9.64 Å². The summed E-state index contributed by atoms with van der Waals surface area (Å²) in [6.07, 6.45) is 2.38. The van der Waals surface area contributed by atoms with Crippen molar-refractivity contribution in [1.82, 2.24) is 0 Å². The molecule has 0 amide bonds. The van der Waals surface area contributed by atoms with Crippen LogP contribution in [0.4, 0.5) is 14.5 Å². The zero-order chi connectivity index (χ0) is 14.0. The van der Waals surface area contributed by atoms with Crippen LogP contribution in [-0.4, -0.2) is 26.0 Å². The number of hydrogen-bond donors (Lipinski definition) is 0. The SMILES string of the molecule is COc1cc(F)c(N(C)C2CCC(=O)CC2)cc1F. The van der Waals surface area contributed by atoms with Gasteiger partial charge in [0.2, 0.25) is 0 Å². The van der Waals surface area contributed by atoms with Crippen molar-refractivity contribution in [2.24, 2.45) is 0 Å². The van der Waals surface area contributed by atoms with Gasteiger partial charge in [0.25, 0.3) is 0 Å². The van der Waals surface area contributed by atoms with Crippen LogP contribution in [0.1, 0.15) is 25.7 Å². The number of methoxy groups -OCH3 is 1. The molecule has 104 valence electrons. The van der Waals surface area contributed by atoms with E-state index >= 15 is 0 Å². The first-order valence-corrected chi connectivity index (χ1v) is 6.30. The summed E-state index contributed by atoms with van der Waals surface area (Å²) in [6.45, 7) is 0. The maximum Gasteiger partial charge on any atom is 0.167 e. The Hall–Kier alpha value is -1.65. The molecule has 0 heterocycles. The van der Waals surface area contributed by atoms with Crippen molar-refractivity contribution in [3.05, 3.63) is 23.8 Å². The molecule has 0 atom stereocenters. The summed E-state index contributed by atoms with van der Waals surface area (Å²) in [6, 6.07) is 2.26. The molecule has 0 aromatic heterocycles. The minimum absolute atomic E-state index is 0.0694. The van der Waals surface area contributed by atoms with Gasteiger partial charge in [0.05, 0.1) is 12.8 Å². The third kappa shape index (κ3) is 2.85. The van der Waals surface area contributed by atoms with E-state index in [0.717, 1.165) is 12.1 Å². The first kappa shape index (κ1) is 13.8. The summed E-state index contributed by atoms with van der Waals surface area (Å²) in [4.78, 5) is 12.9. The van der Waals surface area contributed by atoms with Gasteiger partial charge in [-0.3, -0.25) is 4.79 Å². The number of rotatable bonds is 3. The number of carbonyl (C=O) groups is 1. The standard InChI is InChI=1S/C14H17F2NO2/c1-17(9-3-5-10(18)6-4-9)13-7-12(16)14(19-2)8-11(13)15/h7-9H,3-6H2,1-2H3. The molecule has 1 aromatic rings. The van der Waals surface area contributed by atoms with E-state index in [0.29, 0.717) is 25.7 Å². The van der Waals surface area contributed by atoms with Gasteiger partial charge < -0.3 is 9.64 Å². The summed E-state index contributed by atoms with van der Waals surface area (Å²) in [5.74, 6) is -0.963. The molecule has 0 unspecified atom stereocenters. The van der Waals surface area contributed by atoms with Gasteiger partial charge in [0.1, 0.15) is 11.6 Å². The molecular weight excluding hydrogens is 252 g/mol. The molecule has 3 nitrogen and oxygen atoms in total. The zero-order valence-corrected chi connectivity index (χ0v) is 11.1. The maximum atomic E-state index is 13.9. The number of benzene rings is 1.